The number of hydrogen-bond acceptors (Lipinski definition) is 9. The first kappa shape index (κ1) is 31.2. The highest BCUT2D eigenvalue weighted by Gasteiger charge is 2.32. The van der Waals surface area contributed by atoms with Crippen molar-refractivity contribution in [3.63, 3.8) is 0 Å². The zero-order valence-electron chi connectivity index (χ0n) is 19.5. The monoisotopic (exact) mass is 489 g/mol. The van der Waals surface area contributed by atoms with Gasteiger partial charge in [-0.2, -0.15) is 0 Å². The van der Waals surface area contributed by atoms with Crippen molar-refractivity contribution in [2.24, 2.45) is 22.9 Å². The van der Waals surface area contributed by atoms with Gasteiger partial charge in [-0.1, -0.05) is 6.42 Å². The number of aliphatic carboxylic acids is 1. The van der Waals surface area contributed by atoms with E-state index in [0.717, 1.165) is 6.92 Å². The molecule has 4 amide bonds. The Balaban J connectivity index is 5.44. The van der Waals surface area contributed by atoms with Crippen LogP contribution in [0.1, 0.15) is 51.9 Å². The maximum absolute atomic E-state index is 12.9. The number of amides is 4. The van der Waals surface area contributed by atoms with Crippen LogP contribution in [0.2, 0.25) is 0 Å². The molecule has 0 fully saturated rings. The Hall–Kier alpha value is -2.81. The molecule has 0 heterocycles. The van der Waals surface area contributed by atoms with Gasteiger partial charge in [-0.3, -0.25) is 19.2 Å². The molecule has 0 bridgehead atoms. The van der Waals surface area contributed by atoms with Crippen LogP contribution < -0.4 is 38.9 Å². The van der Waals surface area contributed by atoms with Crippen LogP contribution >= 0.6 is 0 Å². The van der Waals surface area contributed by atoms with Gasteiger partial charge in [0.15, 0.2) is 6.04 Å². The standard InChI is InChI=1S/C20H39N7O7/c1-11(28)16(20(33)34)27-19(32)14(10-15(24)29)26-18(31)13(7-3-5-9-22)25-17(30)12(23)6-2-4-8-21/h11-14,16,28H,2-10,21-23H2,1H3,(H2,24,29)(H,25,30)(H,26,31)(H,27,32)(H,33,34). The third-order valence-electron chi connectivity index (χ3n) is 4.97. The first-order valence-corrected chi connectivity index (χ1v) is 11.2. The lowest BCUT2D eigenvalue weighted by Gasteiger charge is -2.25. The molecule has 0 aliphatic carbocycles. The Morgan fingerprint density at radius 2 is 1.29 bits per heavy atom. The van der Waals surface area contributed by atoms with E-state index in [1.807, 2.05) is 0 Å². The fourth-order valence-electron chi connectivity index (χ4n) is 3.01. The van der Waals surface area contributed by atoms with Crippen molar-refractivity contribution >= 4 is 29.6 Å². The summed E-state index contributed by atoms with van der Waals surface area (Å²) in [6, 6.07) is -5.16. The molecule has 34 heavy (non-hydrogen) atoms. The maximum Gasteiger partial charge on any atom is 0.328 e. The molecular weight excluding hydrogens is 450 g/mol. The highest BCUT2D eigenvalue weighted by atomic mass is 16.4. The van der Waals surface area contributed by atoms with Crippen LogP contribution in [0.4, 0.5) is 0 Å². The van der Waals surface area contributed by atoms with Gasteiger partial charge in [-0.05, 0) is 52.1 Å². The van der Waals surface area contributed by atoms with Crippen LogP contribution in [0.25, 0.3) is 0 Å². The van der Waals surface area contributed by atoms with Crippen molar-refractivity contribution in [2.75, 3.05) is 13.1 Å². The zero-order valence-corrected chi connectivity index (χ0v) is 19.5. The molecule has 0 aromatic carbocycles. The van der Waals surface area contributed by atoms with Crippen LogP contribution in [0.15, 0.2) is 0 Å². The molecule has 5 unspecified atom stereocenters. The Bertz CT molecular complexity index is 690. The van der Waals surface area contributed by atoms with Crippen molar-refractivity contribution in [3.8, 4) is 0 Å². The Kier molecular flexibility index (Phi) is 15.4. The van der Waals surface area contributed by atoms with E-state index in [1.165, 1.54) is 0 Å². The number of primary amides is 1. The summed E-state index contributed by atoms with van der Waals surface area (Å²) in [7, 11) is 0. The van der Waals surface area contributed by atoms with Gasteiger partial charge in [0.25, 0.3) is 0 Å². The third-order valence-corrected chi connectivity index (χ3v) is 4.97. The van der Waals surface area contributed by atoms with Crippen LogP contribution in [-0.2, 0) is 24.0 Å². The summed E-state index contributed by atoms with van der Waals surface area (Å²) in [6.45, 7) is 1.98. The number of carboxylic acids is 1. The molecule has 0 spiro atoms. The number of hydrogen-bond donors (Lipinski definition) is 9. The maximum atomic E-state index is 12.9. The third kappa shape index (κ3) is 12.4. The van der Waals surface area contributed by atoms with Crippen molar-refractivity contribution in [1.82, 2.24) is 16.0 Å². The molecule has 0 aliphatic rings. The first-order valence-electron chi connectivity index (χ1n) is 11.2. The van der Waals surface area contributed by atoms with E-state index in [1.54, 1.807) is 0 Å². The summed E-state index contributed by atoms with van der Waals surface area (Å²) in [6.07, 6.45) is 0.833. The molecule has 196 valence electrons. The lowest BCUT2D eigenvalue weighted by molar-refractivity contribution is -0.145. The van der Waals surface area contributed by atoms with Crippen LogP contribution in [0, 0.1) is 0 Å². The quantitative estimate of drug-likeness (QED) is 0.0852. The average molecular weight is 490 g/mol. The summed E-state index contributed by atoms with van der Waals surface area (Å²) >= 11 is 0. The van der Waals surface area contributed by atoms with E-state index < -0.39 is 66.3 Å². The summed E-state index contributed by atoms with van der Waals surface area (Å²) in [4.78, 5) is 60.6. The largest absolute Gasteiger partial charge is 0.480 e. The van der Waals surface area contributed by atoms with Gasteiger partial charge in [0.2, 0.25) is 23.6 Å². The highest BCUT2D eigenvalue weighted by molar-refractivity contribution is 5.96. The van der Waals surface area contributed by atoms with Gasteiger partial charge in [-0.25, -0.2) is 4.79 Å². The van der Waals surface area contributed by atoms with E-state index >= 15 is 0 Å². The average Bonchev–Trinajstić information content (AvgIpc) is 2.75. The van der Waals surface area contributed by atoms with Crippen LogP contribution in [0.3, 0.4) is 0 Å². The molecule has 0 aliphatic heterocycles. The summed E-state index contributed by atoms with van der Waals surface area (Å²) < 4.78 is 0. The summed E-state index contributed by atoms with van der Waals surface area (Å²) in [5.41, 5.74) is 22.0. The molecule has 0 aromatic heterocycles. The normalized spacial score (nSPS) is 15.3. The predicted molar refractivity (Wildman–Crippen MR) is 123 cm³/mol. The molecule has 0 saturated carbocycles. The second-order valence-electron chi connectivity index (χ2n) is 8.03. The molecule has 5 atom stereocenters. The van der Waals surface area contributed by atoms with Crippen LogP contribution in [-0.4, -0.2) is 83.2 Å². The van der Waals surface area contributed by atoms with E-state index in [9.17, 15) is 29.1 Å². The Morgan fingerprint density at radius 3 is 1.76 bits per heavy atom. The van der Waals surface area contributed by atoms with Crippen molar-refractivity contribution in [3.05, 3.63) is 0 Å². The summed E-state index contributed by atoms with van der Waals surface area (Å²) in [5, 5.41) is 25.6. The second-order valence-corrected chi connectivity index (χ2v) is 8.03. The van der Waals surface area contributed by atoms with Gasteiger partial charge < -0.3 is 49.1 Å². The van der Waals surface area contributed by atoms with Gasteiger partial charge in [-0.15, -0.1) is 0 Å². The summed E-state index contributed by atoms with van der Waals surface area (Å²) in [5.74, 6) is -4.84. The molecule has 0 aromatic rings. The van der Waals surface area contributed by atoms with Crippen molar-refractivity contribution in [2.45, 2.75) is 82.1 Å². The molecular formula is C20H39N7O7. The van der Waals surface area contributed by atoms with Gasteiger partial charge in [0.1, 0.15) is 12.1 Å². The SMILES string of the molecule is CC(O)C(NC(=O)C(CC(N)=O)NC(=O)C(CCCCN)NC(=O)C(N)CCCCN)C(=O)O. The topological polar surface area (TPSA) is 266 Å². The molecule has 0 rings (SSSR count). The van der Waals surface area contributed by atoms with Crippen molar-refractivity contribution < 1.29 is 34.2 Å². The Morgan fingerprint density at radius 1 is 0.794 bits per heavy atom. The number of carbonyl (C=O) groups is 5. The van der Waals surface area contributed by atoms with Gasteiger partial charge in [0.05, 0.1) is 18.6 Å². The predicted octanol–water partition coefficient (Wildman–Crippen LogP) is -3.63. The number of nitrogens with one attached hydrogen (secondary N) is 3. The van der Waals surface area contributed by atoms with Crippen LogP contribution in [0.5, 0.6) is 0 Å². The molecule has 14 heteroatoms. The number of nitrogens with two attached hydrogens (primary N) is 4. The number of carboxylic acid groups (broad SMARTS) is 1. The number of aliphatic hydroxyl groups excluding tert-OH is 1. The van der Waals surface area contributed by atoms with E-state index in [4.69, 9.17) is 28.0 Å². The molecule has 13 N–H and O–H groups in total. The first-order chi connectivity index (χ1) is 15.9. The zero-order chi connectivity index (χ0) is 26.3. The smallest absolute Gasteiger partial charge is 0.328 e. The van der Waals surface area contributed by atoms with E-state index in [-0.39, 0.29) is 6.42 Å². The molecule has 14 nitrogen and oxygen atoms in total. The van der Waals surface area contributed by atoms with E-state index in [2.05, 4.69) is 16.0 Å². The van der Waals surface area contributed by atoms with Gasteiger partial charge >= 0.3 is 5.97 Å². The number of unbranched alkanes of at least 4 members (excludes halogenated alkanes) is 2. The number of carbonyl (C=O) groups excluding carboxylic acids is 4. The Labute approximate surface area is 198 Å². The van der Waals surface area contributed by atoms with E-state index in [0.29, 0.717) is 45.2 Å². The molecule has 0 saturated heterocycles. The van der Waals surface area contributed by atoms with Gasteiger partial charge in [0, 0.05) is 0 Å². The second kappa shape index (κ2) is 16.7. The van der Waals surface area contributed by atoms with Crippen molar-refractivity contribution in [1.29, 1.82) is 0 Å². The lowest BCUT2D eigenvalue weighted by Crippen LogP contribution is -2.58. The number of aliphatic hydroxyl groups is 1. The minimum atomic E-state index is -1.67. The molecule has 0 radical (unpaired) electrons. The fourth-order valence-corrected chi connectivity index (χ4v) is 3.01. The number of rotatable bonds is 18. The fraction of sp³-hybridized carbons (Fsp3) is 0.750. The highest BCUT2D eigenvalue weighted by Crippen LogP contribution is 2.06. The lowest BCUT2D eigenvalue weighted by atomic mass is 10.0. The minimum absolute atomic E-state index is 0.181. The minimum Gasteiger partial charge on any atom is -0.480 e.